The topological polar surface area (TPSA) is 23.5 Å². The minimum atomic E-state index is 0.179. The molecule has 0 saturated heterocycles. The highest BCUT2D eigenvalue weighted by Gasteiger charge is 2.20. The summed E-state index contributed by atoms with van der Waals surface area (Å²) in [6.07, 6.45) is 2.12. The van der Waals surface area contributed by atoms with Gasteiger partial charge in [0.15, 0.2) is 0 Å². The molecule has 0 aliphatic rings. The van der Waals surface area contributed by atoms with E-state index in [0.29, 0.717) is 18.5 Å². The third-order valence-corrected chi connectivity index (χ3v) is 3.93. The van der Waals surface area contributed by atoms with Crippen LogP contribution in [0.3, 0.4) is 0 Å². The zero-order chi connectivity index (χ0) is 15.8. The largest absolute Gasteiger partial charge is 0.395 e. The van der Waals surface area contributed by atoms with Crippen molar-refractivity contribution in [2.24, 2.45) is 5.92 Å². The Balaban J connectivity index is 2.24. The quantitative estimate of drug-likeness (QED) is 0.791. The molecule has 118 valence electrons. The number of aliphatic hydroxyl groups is 1. The molecular formula is C20H27NO. The van der Waals surface area contributed by atoms with Crippen LogP contribution in [0.4, 0.5) is 5.69 Å². The molecular weight excluding hydrogens is 270 g/mol. The summed E-state index contributed by atoms with van der Waals surface area (Å²) in [7, 11) is 0. The molecule has 0 fully saturated rings. The van der Waals surface area contributed by atoms with Gasteiger partial charge in [0.25, 0.3) is 0 Å². The van der Waals surface area contributed by atoms with Crippen molar-refractivity contribution >= 4 is 5.69 Å². The van der Waals surface area contributed by atoms with Gasteiger partial charge in [-0.2, -0.15) is 0 Å². The zero-order valence-electron chi connectivity index (χ0n) is 13.7. The summed E-state index contributed by atoms with van der Waals surface area (Å²) in [5.74, 6) is 0.624. The first kappa shape index (κ1) is 16.6. The van der Waals surface area contributed by atoms with E-state index in [1.54, 1.807) is 0 Å². The lowest BCUT2D eigenvalue weighted by molar-refractivity contribution is 0.293. The van der Waals surface area contributed by atoms with Gasteiger partial charge in [0.05, 0.1) is 6.61 Å². The van der Waals surface area contributed by atoms with Crippen LogP contribution in [0.2, 0.25) is 0 Å². The van der Waals surface area contributed by atoms with E-state index in [2.05, 4.69) is 73.3 Å². The lowest BCUT2D eigenvalue weighted by Gasteiger charge is -2.34. The Kier molecular flexibility index (Phi) is 6.47. The summed E-state index contributed by atoms with van der Waals surface area (Å²) in [4.78, 5) is 2.35. The number of para-hydroxylation sites is 1. The minimum absolute atomic E-state index is 0.179. The maximum Gasteiger partial charge on any atom is 0.0606 e. The van der Waals surface area contributed by atoms with E-state index in [4.69, 9.17) is 0 Å². The Labute approximate surface area is 134 Å². The number of hydrogen-bond donors (Lipinski definition) is 1. The molecule has 2 rings (SSSR count). The van der Waals surface area contributed by atoms with Gasteiger partial charge in [-0.3, -0.25) is 0 Å². The summed E-state index contributed by atoms with van der Waals surface area (Å²) in [5, 5.41) is 9.51. The number of benzene rings is 2. The van der Waals surface area contributed by atoms with Crippen LogP contribution in [0.15, 0.2) is 60.7 Å². The lowest BCUT2D eigenvalue weighted by Crippen LogP contribution is -2.40. The second-order valence-electron chi connectivity index (χ2n) is 6.23. The first-order valence-corrected chi connectivity index (χ1v) is 8.17. The van der Waals surface area contributed by atoms with Crippen molar-refractivity contribution in [1.82, 2.24) is 0 Å². The first-order valence-electron chi connectivity index (χ1n) is 8.17. The fourth-order valence-electron chi connectivity index (χ4n) is 3.00. The molecule has 0 spiro atoms. The SMILES string of the molecule is CC(C)CC(Cc1ccccc1)N(CCO)c1ccccc1. The van der Waals surface area contributed by atoms with Crippen LogP contribution < -0.4 is 4.90 Å². The molecule has 0 aliphatic carbocycles. The Hall–Kier alpha value is -1.80. The molecule has 2 heteroatoms. The van der Waals surface area contributed by atoms with Gasteiger partial charge in [-0.1, -0.05) is 62.4 Å². The van der Waals surface area contributed by atoms with E-state index in [1.165, 1.54) is 11.3 Å². The molecule has 0 saturated carbocycles. The van der Waals surface area contributed by atoms with Crippen molar-refractivity contribution in [3.8, 4) is 0 Å². The molecule has 1 atom stereocenters. The number of aliphatic hydroxyl groups excluding tert-OH is 1. The van der Waals surface area contributed by atoms with Gasteiger partial charge < -0.3 is 10.0 Å². The highest BCUT2D eigenvalue weighted by molar-refractivity contribution is 5.47. The fraction of sp³-hybridized carbons (Fsp3) is 0.400. The Morgan fingerprint density at radius 3 is 2.05 bits per heavy atom. The van der Waals surface area contributed by atoms with Crippen LogP contribution in [0.5, 0.6) is 0 Å². The van der Waals surface area contributed by atoms with Gasteiger partial charge in [-0.05, 0) is 36.5 Å². The molecule has 0 amide bonds. The van der Waals surface area contributed by atoms with Crippen molar-refractivity contribution in [1.29, 1.82) is 0 Å². The standard InChI is InChI=1S/C20H27NO/c1-17(2)15-20(16-18-9-5-3-6-10-18)21(13-14-22)19-11-7-4-8-12-19/h3-12,17,20,22H,13-16H2,1-2H3. The molecule has 0 heterocycles. The van der Waals surface area contributed by atoms with E-state index in [0.717, 1.165) is 12.8 Å². The van der Waals surface area contributed by atoms with Crippen LogP contribution in [0.25, 0.3) is 0 Å². The summed E-state index contributed by atoms with van der Waals surface area (Å²) < 4.78 is 0. The Morgan fingerprint density at radius 1 is 0.909 bits per heavy atom. The Morgan fingerprint density at radius 2 is 1.50 bits per heavy atom. The molecule has 0 radical (unpaired) electrons. The second-order valence-corrected chi connectivity index (χ2v) is 6.23. The molecule has 22 heavy (non-hydrogen) atoms. The van der Waals surface area contributed by atoms with Gasteiger partial charge in [0, 0.05) is 18.3 Å². The first-order chi connectivity index (χ1) is 10.7. The summed E-state index contributed by atoms with van der Waals surface area (Å²) in [6.45, 7) is 5.38. The van der Waals surface area contributed by atoms with Gasteiger partial charge in [-0.15, -0.1) is 0 Å². The predicted octanol–water partition coefficient (Wildman–Crippen LogP) is 4.14. The van der Waals surface area contributed by atoms with Crippen molar-refractivity contribution in [3.63, 3.8) is 0 Å². The summed E-state index contributed by atoms with van der Waals surface area (Å²) in [6, 6.07) is 21.5. The highest BCUT2D eigenvalue weighted by atomic mass is 16.3. The number of anilines is 1. The third-order valence-electron chi connectivity index (χ3n) is 3.93. The van der Waals surface area contributed by atoms with E-state index < -0.39 is 0 Å². The van der Waals surface area contributed by atoms with Gasteiger partial charge in [0.2, 0.25) is 0 Å². The molecule has 2 aromatic carbocycles. The van der Waals surface area contributed by atoms with Crippen molar-refractivity contribution < 1.29 is 5.11 Å². The Bertz CT molecular complexity index is 524. The molecule has 2 aromatic rings. The van der Waals surface area contributed by atoms with Crippen molar-refractivity contribution in [3.05, 3.63) is 66.2 Å². The maximum atomic E-state index is 9.51. The summed E-state index contributed by atoms with van der Waals surface area (Å²) >= 11 is 0. The minimum Gasteiger partial charge on any atom is -0.395 e. The van der Waals surface area contributed by atoms with Crippen LogP contribution >= 0.6 is 0 Å². The maximum absolute atomic E-state index is 9.51. The van der Waals surface area contributed by atoms with E-state index >= 15 is 0 Å². The number of rotatable bonds is 8. The monoisotopic (exact) mass is 297 g/mol. The lowest BCUT2D eigenvalue weighted by atomic mass is 9.95. The number of nitrogens with zero attached hydrogens (tertiary/aromatic N) is 1. The molecule has 0 aliphatic heterocycles. The average Bonchev–Trinajstić information content (AvgIpc) is 2.53. The van der Waals surface area contributed by atoms with Gasteiger partial charge in [0.1, 0.15) is 0 Å². The molecule has 0 aromatic heterocycles. The van der Waals surface area contributed by atoms with Gasteiger partial charge in [-0.25, -0.2) is 0 Å². The van der Waals surface area contributed by atoms with Crippen LogP contribution in [0.1, 0.15) is 25.8 Å². The summed E-state index contributed by atoms with van der Waals surface area (Å²) in [5.41, 5.74) is 2.55. The van der Waals surface area contributed by atoms with Crippen LogP contribution in [0, 0.1) is 5.92 Å². The molecule has 1 N–H and O–H groups in total. The van der Waals surface area contributed by atoms with E-state index in [-0.39, 0.29) is 6.61 Å². The molecule has 2 nitrogen and oxygen atoms in total. The van der Waals surface area contributed by atoms with Gasteiger partial charge >= 0.3 is 0 Å². The average molecular weight is 297 g/mol. The van der Waals surface area contributed by atoms with Crippen LogP contribution in [-0.2, 0) is 6.42 Å². The number of hydrogen-bond acceptors (Lipinski definition) is 2. The normalized spacial score (nSPS) is 12.4. The van der Waals surface area contributed by atoms with E-state index in [1.807, 2.05) is 6.07 Å². The third kappa shape index (κ3) is 4.88. The molecule has 0 bridgehead atoms. The van der Waals surface area contributed by atoms with Crippen LogP contribution in [-0.4, -0.2) is 24.3 Å². The van der Waals surface area contributed by atoms with Crippen molar-refractivity contribution in [2.45, 2.75) is 32.7 Å². The fourth-order valence-corrected chi connectivity index (χ4v) is 3.00. The second kappa shape index (κ2) is 8.60. The smallest absolute Gasteiger partial charge is 0.0606 e. The van der Waals surface area contributed by atoms with E-state index in [9.17, 15) is 5.11 Å². The molecule has 1 unspecified atom stereocenters. The highest BCUT2D eigenvalue weighted by Crippen LogP contribution is 2.23. The predicted molar refractivity (Wildman–Crippen MR) is 94.3 cm³/mol. The van der Waals surface area contributed by atoms with Crippen molar-refractivity contribution in [2.75, 3.05) is 18.1 Å². The zero-order valence-corrected chi connectivity index (χ0v) is 13.7.